The first kappa shape index (κ1) is 13.8. The largest absolute Gasteiger partial charge is 0.478 e. The smallest absolute Gasteiger partial charge is 0.338 e. The Balaban J connectivity index is 2.16. The molecule has 0 aliphatic carbocycles. The number of carbonyl (C=O) groups is 2. The van der Waals surface area contributed by atoms with Crippen molar-refractivity contribution in [2.75, 3.05) is 12.4 Å². The van der Waals surface area contributed by atoms with E-state index in [1.807, 2.05) is 19.2 Å². The third kappa shape index (κ3) is 3.04. The molecule has 0 saturated carbocycles. The second-order valence-electron chi connectivity index (χ2n) is 4.15. The summed E-state index contributed by atoms with van der Waals surface area (Å²) in [6.07, 6.45) is 1.04. The molecule has 3 N–H and O–H groups in total. The van der Waals surface area contributed by atoms with Crippen LogP contribution in [-0.4, -0.2) is 24.0 Å². The van der Waals surface area contributed by atoms with Crippen LogP contribution in [0.5, 0.6) is 0 Å². The van der Waals surface area contributed by atoms with Crippen LogP contribution in [0.25, 0.3) is 0 Å². The van der Waals surface area contributed by atoms with Crippen molar-refractivity contribution < 1.29 is 19.1 Å². The first-order valence-electron chi connectivity index (χ1n) is 5.97. The molecule has 6 nitrogen and oxygen atoms in total. The number of carbonyl (C=O) groups excluding carboxylic acids is 1. The monoisotopic (exact) mass is 274 g/mol. The number of anilines is 1. The van der Waals surface area contributed by atoms with E-state index < -0.39 is 11.9 Å². The van der Waals surface area contributed by atoms with Gasteiger partial charge in [-0.25, -0.2) is 4.79 Å². The SMILES string of the molecule is CNCc1ccccc1NC(=O)c1cc(C(=O)O)co1. The van der Waals surface area contributed by atoms with E-state index in [1.54, 1.807) is 12.1 Å². The minimum Gasteiger partial charge on any atom is -0.478 e. The second-order valence-corrected chi connectivity index (χ2v) is 4.15. The van der Waals surface area contributed by atoms with Crippen LogP contribution in [0.1, 0.15) is 26.5 Å². The molecule has 104 valence electrons. The summed E-state index contributed by atoms with van der Waals surface area (Å²) in [4.78, 5) is 22.7. The van der Waals surface area contributed by atoms with E-state index in [2.05, 4.69) is 10.6 Å². The average Bonchev–Trinajstić information content (AvgIpc) is 2.91. The molecular weight excluding hydrogens is 260 g/mol. The molecule has 1 aromatic carbocycles. The standard InChI is InChI=1S/C14H14N2O4/c1-15-7-9-4-2-3-5-11(9)16-13(17)12-6-10(8-20-12)14(18)19/h2-6,8,15H,7H2,1H3,(H,16,17)(H,18,19). The quantitative estimate of drug-likeness (QED) is 0.775. The van der Waals surface area contributed by atoms with Gasteiger partial charge in [-0.3, -0.25) is 4.79 Å². The lowest BCUT2D eigenvalue weighted by atomic mass is 10.1. The van der Waals surface area contributed by atoms with E-state index in [0.29, 0.717) is 12.2 Å². The molecule has 0 atom stereocenters. The normalized spacial score (nSPS) is 10.2. The Hall–Kier alpha value is -2.60. The average molecular weight is 274 g/mol. The molecule has 0 unspecified atom stereocenters. The highest BCUT2D eigenvalue weighted by Gasteiger charge is 2.15. The van der Waals surface area contributed by atoms with Crippen LogP contribution in [0.3, 0.4) is 0 Å². The van der Waals surface area contributed by atoms with Crippen molar-refractivity contribution in [2.45, 2.75) is 6.54 Å². The molecule has 0 spiro atoms. The summed E-state index contributed by atoms with van der Waals surface area (Å²) in [5.74, 6) is -1.66. The predicted octanol–water partition coefficient (Wildman–Crippen LogP) is 1.95. The summed E-state index contributed by atoms with van der Waals surface area (Å²) < 4.78 is 4.95. The Morgan fingerprint density at radius 1 is 1.30 bits per heavy atom. The molecule has 0 radical (unpaired) electrons. The van der Waals surface area contributed by atoms with E-state index in [0.717, 1.165) is 11.8 Å². The lowest BCUT2D eigenvalue weighted by Gasteiger charge is -2.09. The van der Waals surface area contributed by atoms with E-state index in [9.17, 15) is 9.59 Å². The minimum absolute atomic E-state index is 0.0401. The van der Waals surface area contributed by atoms with E-state index in [4.69, 9.17) is 9.52 Å². The molecule has 20 heavy (non-hydrogen) atoms. The summed E-state index contributed by atoms with van der Waals surface area (Å²) in [6.45, 7) is 0.606. The number of aromatic carboxylic acids is 1. The summed E-state index contributed by atoms with van der Waals surface area (Å²) >= 11 is 0. The van der Waals surface area contributed by atoms with E-state index in [-0.39, 0.29) is 11.3 Å². The van der Waals surface area contributed by atoms with Crippen molar-refractivity contribution in [3.05, 3.63) is 53.5 Å². The van der Waals surface area contributed by atoms with Crippen LogP contribution in [-0.2, 0) is 6.54 Å². The molecule has 1 amide bonds. The number of rotatable bonds is 5. The third-order valence-corrected chi connectivity index (χ3v) is 2.70. The number of hydrogen-bond acceptors (Lipinski definition) is 4. The third-order valence-electron chi connectivity index (χ3n) is 2.70. The van der Waals surface area contributed by atoms with Gasteiger partial charge in [0, 0.05) is 18.3 Å². The van der Waals surface area contributed by atoms with Gasteiger partial charge >= 0.3 is 5.97 Å². The molecule has 0 aliphatic heterocycles. The van der Waals surface area contributed by atoms with Gasteiger partial charge in [0.1, 0.15) is 6.26 Å². The Morgan fingerprint density at radius 2 is 2.05 bits per heavy atom. The zero-order chi connectivity index (χ0) is 14.5. The van der Waals surface area contributed by atoms with Gasteiger partial charge in [-0.05, 0) is 18.7 Å². The molecule has 0 saturated heterocycles. The first-order chi connectivity index (χ1) is 9.61. The zero-order valence-electron chi connectivity index (χ0n) is 10.8. The molecule has 0 aliphatic rings. The fourth-order valence-electron chi connectivity index (χ4n) is 1.74. The number of amides is 1. The fraction of sp³-hybridized carbons (Fsp3) is 0.143. The van der Waals surface area contributed by atoms with Crippen molar-refractivity contribution in [3.63, 3.8) is 0 Å². The minimum atomic E-state index is -1.14. The van der Waals surface area contributed by atoms with Gasteiger partial charge < -0.3 is 20.2 Å². The Bertz CT molecular complexity index is 634. The topological polar surface area (TPSA) is 91.6 Å². The number of carboxylic acids is 1. The van der Waals surface area contributed by atoms with Crippen LogP contribution < -0.4 is 10.6 Å². The van der Waals surface area contributed by atoms with Crippen LogP contribution in [0, 0.1) is 0 Å². The lowest BCUT2D eigenvalue weighted by molar-refractivity contribution is 0.0696. The van der Waals surface area contributed by atoms with Crippen molar-refractivity contribution >= 4 is 17.6 Å². The summed E-state index contributed by atoms with van der Waals surface area (Å²) in [7, 11) is 1.81. The van der Waals surface area contributed by atoms with Gasteiger partial charge in [-0.1, -0.05) is 18.2 Å². The molecule has 0 bridgehead atoms. The highest BCUT2D eigenvalue weighted by Crippen LogP contribution is 2.17. The van der Waals surface area contributed by atoms with Gasteiger partial charge in [-0.2, -0.15) is 0 Å². The van der Waals surface area contributed by atoms with Crippen molar-refractivity contribution in [1.82, 2.24) is 5.32 Å². The maximum absolute atomic E-state index is 12.0. The van der Waals surface area contributed by atoms with E-state index in [1.165, 1.54) is 6.07 Å². The molecule has 1 aromatic heterocycles. The molecule has 2 rings (SSSR count). The maximum Gasteiger partial charge on any atom is 0.338 e. The van der Waals surface area contributed by atoms with Gasteiger partial charge in [0.2, 0.25) is 0 Å². The number of benzene rings is 1. The maximum atomic E-state index is 12.0. The fourth-order valence-corrected chi connectivity index (χ4v) is 1.74. The number of hydrogen-bond donors (Lipinski definition) is 3. The summed E-state index contributed by atoms with van der Waals surface area (Å²) in [5.41, 5.74) is 1.52. The predicted molar refractivity (Wildman–Crippen MR) is 72.8 cm³/mol. The highest BCUT2D eigenvalue weighted by atomic mass is 16.4. The molecular formula is C14H14N2O4. The van der Waals surface area contributed by atoms with Gasteiger partial charge in [0.15, 0.2) is 5.76 Å². The van der Waals surface area contributed by atoms with Crippen LogP contribution in [0.15, 0.2) is 41.0 Å². The zero-order valence-corrected chi connectivity index (χ0v) is 10.8. The van der Waals surface area contributed by atoms with Gasteiger partial charge in [-0.15, -0.1) is 0 Å². The molecule has 2 aromatic rings. The first-order valence-corrected chi connectivity index (χ1v) is 5.97. The Labute approximate surface area is 115 Å². The van der Waals surface area contributed by atoms with Crippen molar-refractivity contribution in [1.29, 1.82) is 0 Å². The number of para-hydroxylation sites is 1. The summed E-state index contributed by atoms with van der Waals surface area (Å²) in [6, 6.07) is 8.53. The lowest BCUT2D eigenvalue weighted by Crippen LogP contribution is -2.14. The second kappa shape index (κ2) is 6.03. The van der Waals surface area contributed by atoms with Crippen LogP contribution >= 0.6 is 0 Å². The van der Waals surface area contributed by atoms with Gasteiger partial charge in [0.05, 0.1) is 5.56 Å². The molecule has 0 fully saturated rings. The number of carboxylic acid groups (broad SMARTS) is 1. The molecule has 1 heterocycles. The Morgan fingerprint density at radius 3 is 2.70 bits per heavy atom. The molecule has 6 heteroatoms. The Kier molecular flexibility index (Phi) is 4.17. The van der Waals surface area contributed by atoms with Gasteiger partial charge in [0.25, 0.3) is 5.91 Å². The number of nitrogens with one attached hydrogen (secondary N) is 2. The van der Waals surface area contributed by atoms with Crippen LogP contribution in [0.2, 0.25) is 0 Å². The van der Waals surface area contributed by atoms with Crippen molar-refractivity contribution in [2.24, 2.45) is 0 Å². The van der Waals surface area contributed by atoms with Crippen LogP contribution in [0.4, 0.5) is 5.69 Å². The number of furan rings is 1. The summed E-state index contributed by atoms with van der Waals surface area (Å²) in [5, 5.41) is 14.5. The highest BCUT2D eigenvalue weighted by molar-refractivity contribution is 6.04. The van der Waals surface area contributed by atoms with E-state index >= 15 is 0 Å². The van der Waals surface area contributed by atoms with Crippen molar-refractivity contribution in [3.8, 4) is 0 Å².